The summed E-state index contributed by atoms with van der Waals surface area (Å²) in [5, 5.41) is 13.3. The van der Waals surface area contributed by atoms with Crippen molar-refractivity contribution in [3.63, 3.8) is 0 Å². The summed E-state index contributed by atoms with van der Waals surface area (Å²) in [5.41, 5.74) is 3.14. The van der Waals surface area contributed by atoms with Gasteiger partial charge in [0.15, 0.2) is 5.65 Å². The van der Waals surface area contributed by atoms with E-state index in [1.807, 2.05) is 18.2 Å². The molecule has 5 rings (SSSR count). The highest BCUT2D eigenvalue weighted by molar-refractivity contribution is 5.94. The van der Waals surface area contributed by atoms with Gasteiger partial charge in [-0.2, -0.15) is 10.1 Å². The second-order valence-corrected chi connectivity index (χ2v) is 8.01. The number of hydrogen-bond donors (Lipinski definition) is 3. The van der Waals surface area contributed by atoms with Crippen LogP contribution in [-0.2, 0) is 9.53 Å². The second kappa shape index (κ2) is 9.55. The lowest BCUT2D eigenvalue weighted by Crippen LogP contribution is -2.36. The number of fused-ring (bicyclic) bond motifs is 1. The summed E-state index contributed by atoms with van der Waals surface area (Å²) in [5.74, 6) is 0.279. The predicted molar refractivity (Wildman–Crippen MR) is 131 cm³/mol. The van der Waals surface area contributed by atoms with E-state index in [-0.39, 0.29) is 17.4 Å². The molecule has 180 valence electrons. The summed E-state index contributed by atoms with van der Waals surface area (Å²) in [7, 11) is 1.64. The zero-order chi connectivity index (χ0) is 24.4. The first-order valence-electron chi connectivity index (χ1n) is 11.1. The van der Waals surface area contributed by atoms with Crippen LogP contribution >= 0.6 is 0 Å². The molecule has 0 atom stereocenters. The number of anilines is 4. The highest BCUT2D eigenvalue weighted by Crippen LogP contribution is 2.34. The van der Waals surface area contributed by atoms with Gasteiger partial charge >= 0.3 is 0 Å². The molecular weight excluding hydrogens is 453 g/mol. The largest absolute Gasteiger partial charge is 0.495 e. The first-order chi connectivity index (χ1) is 17.0. The Balaban J connectivity index is 1.53. The van der Waals surface area contributed by atoms with E-state index in [1.165, 1.54) is 19.1 Å². The van der Waals surface area contributed by atoms with Gasteiger partial charge in [-0.05, 0) is 36.4 Å². The number of H-pyrrole nitrogens is 1. The Kier molecular flexibility index (Phi) is 6.15. The Morgan fingerprint density at radius 3 is 2.71 bits per heavy atom. The van der Waals surface area contributed by atoms with Crippen molar-refractivity contribution in [2.45, 2.75) is 6.92 Å². The van der Waals surface area contributed by atoms with Gasteiger partial charge in [-0.25, -0.2) is 9.37 Å². The van der Waals surface area contributed by atoms with Gasteiger partial charge in [-0.3, -0.25) is 9.89 Å². The number of morpholine rings is 1. The molecule has 2 aromatic carbocycles. The smallest absolute Gasteiger partial charge is 0.229 e. The van der Waals surface area contributed by atoms with Crippen LogP contribution in [0.3, 0.4) is 0 Å². The number of aromatic nitrogens is 4. The van der Waals surface area contributed by atoms with Crippen molar-refractivity contribution in [3.8, 4) is 17.0 Å². The second-order valence-electron chi connectivity index (χ2n) is 8.01. The average Bonchev–Trinajstić information content (AvgIpc) is 3.34. The van der Waals surface area contributed by atoms with Crippen molar-refractivity contribution in [3.05, 3.63) is 48.4 Å². The summed E-state index contributed by atoms with van der Waals surface area (Å²) in [6, 6.07) is 10.0. The fourth-order valence-corrected chi connectivity index (χ4v) is 4.03. The maximum atomic E-state index is 14.9. The summed E-state index contributed by atoms with van der Waals surface area (Å²) in [6.07, 6.45) is 1.54. The van der Waals surface area contributed by atoms with Crippen molar-refractivity contribution >= 4 is 40.0 Å². The van der Waals surface area contributed by atoms with Crippen LogP contribution in [0.25, 0.3) is 22.3 Å². The highest BCUT2D eigenvalue weighted by Gasteiger charge is 2.19. The molecule has 0 bridgehead atoms. The van der Waals surface area contributed by atoms with Crippen LogP contribution in [-0.4, -0.2) is 59.5 Å². The zero-order valence-corrected chi connectivity index (χ0v) is 19.3. The lowest BCUT2D eigenvalue weighted by Gasteiger charge is -2.30. The standard InChI is InChI=1S/C24H24FN7O3/c1-14(33)27-15-3-5-19(25)17(11-15)22-18-13-26-31-23(18)30-24(29-22)28-16-4-6-21(34-2)20(12-16)32-7-9-35-10-8-32/h3-6,11-13H,7-10H2,1-2H3,(H,27,33)(H2,26,28,29,30,31). The van der Waals surface area contributed by atoms with Crippen LogP contribution in [0.4, 0.5) is 27.4 Å². The minimum Gasteiger partial charge on any atom is -0.495 e. The van der Waals surface area contributed by atoms with Gasteiger partial charge in [0.2, 0.25) is 11.9 Å². The summed E-state index contributed by atoms with van der Waals surface area (Å²) >= 11 is 0. The lowest BCUT2D eigenvalue weighted by atomic mass is 10.1. The molecule has 1 fully saturated rings. The maximum Gasteiger partial charge on any atom is 0.229 e. The molecule has 0 spiro atoms. The van der Waals surface area contributed by atoms with Gasteiger partial charge in [-0.15, -0.1) is 0 Å². The van der Waals surface area contributed by atoms with Crippen molar-refractivity contribution in [1.29, 1.82) is 0 Å². The summed E-state index contributed by atoms with van der Waals surface area (Å²) in [6.45, 7) is 4.19. The molecule has 10 nitrogen and oxygen atoms in total. The zero-order valence-electron chi connectivity index (χ0n) is 19.3. The number of rotatable bonds is 6. The maximum absolute atomic E-state index is 14.9. The molecule has 2 aromatic heterocycles. The lowest BCUT2D eigenvalue weighted by molar-refractivity contribution is -0.114. The number of hydrogen-bond acceptors (Lipinski definition) is 8. The number of methoxy groups -OCH3 is 1. The molecule has 1 saturated heterocycles. The number of amides is 1. The van der Waals surface area contributed by atoms with E-state index >= 15 is 0 Å². The number of nitrogens with one attached hydrogen (secondary N) is 3. The SMILES string of the molecule is COc1ccc(Nc2nc(-c3cc(NC(C)=O)ccc3F)c3cn[nH]c3n2)cc1N1CCOCC1. The van der Waals surface area contributed by atoms with Crippen LogP contribution in [0.15, 0.2) is 42.6 Å². The molecular formula is C24H24FN7O3. The number of halogens is 1. The van der Waals surface area contributed by atoms with Gasteiger partial charge in [0.05, 0.1) is 43.3 Å². The number of carbonyl (C=O) groups excluding carboxylic acids is 1. The van der Waals surface area contributed by atoms with Crippen molar-refractivity contribution in [1.82, 2.24) is 20.2 Å². The van der Waals surface area contributed by atoms with E-state index in [2.05, 4.69) is 35.7 Å². The van der Waals surface area contributed by atoms with E-state index in [1.54, 1.807) is 19.4 Å². The quantitative estimate of drug-likeness (QED) is 0.385. The van der Waals surface area contributed by atoms with Crippen LogP contribution in [0.1, 0.15) is 6.92 Å². The summed E-state index contributed by atoms with van der Waals surface area (Å²) in [4.78, 5) is 22.8. The molecule has 4 aromatic rings. The van der Waals surface area contributed by atoms with E-state index in [4.69, 9.17) is 9.47 Å². The van der Waals surface area contributed by atoms with Crippen LogP contribution < -0.4 is 20.3 Å². The van der Waals surface area contributed by atoms with E-state index < -0.39 is 5.82 Å². The molecule has 3 N–H and O–H groups in total. The van der Waals surface area contributed by atoms with Crippen LogP contribution in [0.5, 0.6) is 5.75 Å². The summed E-state index contributed by atoms with van der Waals surface area (Å²) < 4.78 is 25.9. The van der Waals surface area contributed by atoms with Crippen LogP contribution in [0, 0.1) is 5.82 Å². The van der Waals surface area contributed by atoms with E-state index in [9.17, 15) is 9.18 Å². The molecule has 1 amide bonds. The van der Waals surface area contributed by atoms with E-state index in [0.29, 0.717) is 35.6 Å². The number of ether oxygens (including phenoxy) is 2. The molecule has 0 radical (unpaired) electrons. The normalized spacial score (nSPS) is 13.6. The van der Waals surface area contributed by atoms with Crippen molar-refractivity contribution < 1.29 is 18.7 Å². The van der Waals surface area contributed by atoms with E-state index in [0.717, 1.165) is 30.2 Å². The molecule has 0 saturated carbocycles. The first-order valence-corrected chi connectivity index (χ1v) is 11.1. The third-order valence-corrected chi connectivity index (χ3v) is 5.64. The third-order valence-electron chi connectivity index (χ3n) is 5.64. The Morgan fingerprint density at radius 1 is 1.14 bits per heavy atom. The molecule has 0 unspecified atom stereocenters. The number of carbonyl (C=O) groups is 1. The van der Waals surface area contributed by atoms with Gasteiger partial charge in [0.1, 0.15) is 11.6 Å². The number of nitrogens with zero attached hydrogens (tertiary/aromatic N) is 4. The molecule has 0 aliphatic carbocycles. The molecule has 1 aliphatic heterocycles. The highest BCUT2D eigenvalue weighted by atomic mass is 19.1. The minimum absolute atomic E-state index is 0.219. The van der Waals surface area contributed by atoms with Gasteiger partial charge < -0.3 is 25.0 Å². The first kappa shape index (κ1) is 22.5. The van der Waals surface area contributed by atoms with Gasteiger partial charge in [0.25, 0.3) is 0 Å². The van der Waals surface area contributed by atoms with Gasteiger partial charge in [0, 0.05) is 37.0 Å². The average molecular weight is 478 g/mol. The van der Waals surface area contributed by atoms with Crippen molar-refractivity contribution in [2.75, 3.05) is 48.9 Å². The van der Waals surface area contributed by atoms with Crippen LogP contribution in [0.2, 0.25) is 0 Å². The fourth-order valence-electron chi connectivity index (χ4n) is 4.03. The third kappa shape index (κ3) is 4.71. The Labute approximate surface area is 200 Å². The van der Waals surface area contributed by atoms with Crippen molar-refractivity contribution in [2.24, 2.45) is 0 Å². The Bertz CT molecular complexity index is 1390. The topological polar surface area (TPSA) is 117 Å². The monoisotopic (exact) mass is 477 g/mol. The molecule has 35 heavy (non-hydrogen) atoms. The molecule has 3 heterocycles. The minimum atomic E-state index is -0.481. The van der Waals surface area contributed by atoms with Gasteiger partial charge in [-0.1, -0.05) is 0 Å². The predicted octanol–water partition coefficient (Wildman–Crippen LogP) is 3.71. The number of aromatic amines is 1. The molecule has 11 heteroatoms. The fraction of sp³-hybridized carbons (Fsp3) is 0.250. The Morgan fingerprint density at radius 2 is 1.94 bits per heavy atom. The Hall–Kier alpha value is -4.25. The molecule has 1 aliphatic rings. The number of benzene rings is 2.